The van der Waals surface area contributed by atoms with Gasteiger partial charge in [-0.3, -0.25) is 5.32 Å². The quantitative estimate of drug-likeness (QED) is 0.0911. The molecule has 2 atom stereocenters. The molecule has 44 heavy (non-hydrogen) atoms. The number of benzene rings is 1. The number of amides is 2. The largest absolute Gasteiger partial charge is 0.480 e. The van der Waals surface area contributed by atoms with E-state index >= 15 is 0 Å². The number of carbonyl (C=O) groups is 3. The summed E-state index contributed by atoms with van der Waals surface area (Å²) in [4.78, 5) is 41.6. The van der Waals surface area contributed by atoms with Gasteiger partial charge in [-0.05, 0) is 57.9 Å². The number of anilines is 2. The first-order chi connectivity index (χ1) is 20.6. The molecule has 13 heteroatoms. The van der Waals surface area contributed by atoms with Crippen molar-refractivity contribution in [1.82, 2.24) is 14.9 Å². The van der Waals surface area contributed by atoms with E-state index in [1.54, 1.807) is 51.2 Å². The fourth-order valence-corrected chi connectivity index (χ4v) is 4.79. The number of aliphatic carboxylic acids is 1. The number of carbonyl (C=O) groups excluding carboxylic acids is 2. The lowest BCUT2D eigenvalue weighted by atomic mass is 10.1. The van der Waals surface area contributed by atoms with Gasteiger partial charge in [0.25, 0.3) is 0 Å². The van der Waals surface area contributed by atoms with Gasteiger partial charge in [-0.25, -0.2) is 19.4 Å². The highest BCUT2D eigenvalue weighted by molar-refractivity contribution is 6.76. The second kappa shape index (κ2) is 16.1. The lowest BCUT2D eigenvalue weighted by Crippen LogP contribution is -2.36. The monoisotopic (exact) mass is 629 g/mol. The molecular weight excluding hydrogens is 582 g/mol. The number of hydrogen-bond donors (Lipinski definition) is 4. The number of nitrogens with one attached hydrogen (secondary N) is 3. The zero-order valence-electron chi connectivity index (χ0n) is 26.9. The first-order valence-corrected chi connectivity index (χ1v) is 18.1. The van der Waals surface area contributed by atoms with Crippen LogP contribution in [0.2, 0.25) is 25.7 Å². The Balaban J connectivity index is 2.62. The van der Waals surface area contributed by atoms with E-state index in [0.29, 0.717) is 41.5 Å². The number of hydrogen-bond acceptors (Lipinski definition) is 8. The van der Waals surface area contributed by atoms with Gasteiger partial charge in [-0.1, -0.05) is 31.8 Å². The van der Waals surface area contributed by atoms with Crippen molar-refractivity contribution >= 4 is 37.6 Å². The number of rotatable bonds is 16. The Morgan fingerprint density at radius 1 is 1.11 bits per heavy atom. The second-order valence-electron chi connectivity index (χ2n) is 12.5. The summed E-state index contributed by atoms with van der Waals surface area (Å²) in [6, 6.07) is 4.36. The fourth-order valence-electron chi connectivity index (χ4n) is 4.04. The Morgan fingerprint density at radius 3 is 2.36 bits per heavy atom. The number of nitrogens with zero attached hydrogens (tertiary/aromatic N) is 2. The van der Waals surface area contributed by atoms with E-state index in [0.717, 1.165) is 6.04 Å². The number of aromatic nitrogens is 2. The molecule has 12 nitrogen and oxygen atoms in total. The zero-order chi connectivity index (χ0) is 33.1. The molecule has 0 spiro atoms. The van der Waals surface area contributed by atoms with Crippen LogP contribution in [0.15, 0.2) is 49.7 Å². The standard InChI is InChI=1S/C31H47N5O7Si/c1-10-12-23(35-30(40)43-31(3,4)5)27-34-26(19-36(27)20-42-16-17-44(7,8)9)22-15-14-21(32-29(39)41-6)18-25(22)33-24(13-11-2)28(37)38/h10-11,14-15,18-19,23-24,33H,1-2,12-13,16-17,20H2,3-9H3,(H,32,39)(H,35,40)(H,37,38). The van der Waals surface area contributed by atoms with Crippen LogP contribution in [0.4, 0.5) is 21.0 Å². The molecule has 2 aromatic rings. The van der Waals surface area contributed by atoms with Gasteiger partial charge in [0.2, 0.25) is 0 Å². The minimum absolute atomic E-state index is 0.148. The molecule has 0 aliphatic carbocycles. The van der Waals surface area contributed by atoms with Gasteiger partial charge in [0, 0.05) is 37.8 Å². The molecule has 242 valence electrons. The van der Waals surface area contributed by atoms with E-state index in [-0.39, 0.29) is 13.2 Å². The zero-order valence-corrected chi connectivity index (χ0v) is 27.9. The van der Waals surface area contributed by atoms with Gasteiger partial charge in [0.15, 0.2) is 0 Å². The Hall–Kier alpha value is -4.10. The predicted molar refractivity (Wildman–Crippen MR) is 175 cm³/mol. The summed E-state index contributed by atoms with van der Waals surface area (Å²) in [5.74, 6) is -0.570. The third kappa shape index (κ3) is 11.9. The molecule has 1 aromatic heterocycles. The molecule has 0 fully saturated rings. The first kappa shape index (κ1) is 36.1. The number of alkyl carbamates (subject to hydrolysis) is 1. The van der Waals surface area contributed by atoms with Gasteiger partial charge in [-0.15, -0.1) is 13.2 Å². The summed E-state index contributed by atoms with van der Waals surface area (Å²) < 4.78 is 18.1. The van der Waals surface area contributed by atoms with E-state index in [1.807, 2.05) is 4.57 Å². The Bertz CT molecular complexity index is 1310. The van der Waals surface area contributed by atoms with Crippen molar-refractivity contribution in [3.05, 3.63) is 55.5 Å². The summed E-state index contributed by atoms with van der Waals surface area (Å²) in [6.45, 7) is 20.4. The number of imidazole rings is 1. The first-order valence-electron chi connectivity index (χ1n) is 14.4. The average molecular weight is 630 g/mol. The summed E-state index contributed by atoms with van der Waals surface area (Å²) in [5, 5.41) is 18.3. The Labute approximate surface area is 260 Å². The van der Waals surface area contributed by atoms with Crippen LogP contribution < -0.4 is 16.0 Å². The minimum Gasteiger partial charge on any atom is -0.480 e. The van der Waals surface area contributed by atoms with E-state index in [1.165, 1.54) is 13.2 Å². The highest BCUT2D eigenvalue weighted by Gasteiger charge is 2.26. The van der Waals surface area contributed by atoms with Gasteiger partial charge >= 0.3 is 18.2 Å². The average Bonchev–Trinajstić information content (AvgIpc) is 3.33. The molecular formula is C31H47N5O7Si. The van der Waals surface area contributed by atoms with E-state index in [4.69, 9.17) is 19.2 Å². The Kier molecular flexibility index (Phi) is 13.2. The van der Waals surface area contributed by atoms with Crippen molar-refractivity contribution in [2.45, 2.75) is 83.7 Å². The highest BCUT2D eigenvalue weighted by Crippen LogP contribution is 2.33. The molecule has 0 radical (unpaired) electrons. The van der Waals surface area contributed by atoms with Crippen LogP contribution >= 0.6 is 0 Å². The highest BCUT2D eigenvalue weighted by atomic mass is 28.3. The third-order valence-electron chi connectivity index (χ3n) is 6.20. The van der Waals surface area contributed by atoms with Crippen LogP contribution in [0.5, 0.6) is 0 Å². The number of carboxylic acid groups (broad SMARTS) is 1. The lowest BCUT2D eigenvalue weighted by molar-refractivity contribution is -0.137. The summed E-state index contributed by atoms with van der Waals surface area (Å²) in [5.41, 5.74) is 1.15. The van der Waals surface area contributed by atoms with Crippen molar-refractivity contribution in [2.75, 3.05) is 24.4 Å². The fraction of sp³-hybridized carbons (Fsp3) is 0.484. The SMILES string of the molecule is C=CCC(Nc1cc(NC(=O)OC)ccc1-c1cn(COCC[Si](C)(C)C)c(C(CC=C)NC(=O)OC(C)(C)C)n1)C(=O)O. The molecule has 1 aromatic carbocycles. The summed E-state index contributed by atoms with van der Waals surface area (Å²) in [7, 11) is -0.0856. The van der Waals surface area contributed by atoms with Crippen LogP contribution in [0, 0.1) is 0 Å². The van der Waals surface area contributed by atoms with Gasteiger partial charge in [0.05, 0.1) is 18.8 Å². The molecule has 0 saturated heterocycles. The molecule has 0 bridgehead atoms. The van der Waals surface area contributed by atoms with Crippen molar-refractivity contribution in [3.63, 3.8) is 0 Å². The maximum atomic E-state index is 12.8. The molecule has 2 unspecified atom stereocenters. The van der Waals surface area contributed by atoms with Crippen LogP contribution in [0.3, 0.4) is 0 Å². The molecule has 2 rings (SSSR count). The molecule has 1 heterocycles. The molecule has 0 saturated carbocycles. The lowest BCUT2D eigenvalue weighted by Gasteiger charge is -2.23. The maximum Gasteiger partial charge on any atom is 0.411 e. The topological polar surface area (TPSA) is 153 Å². The van der Waals surface area contributed by atoms with Crippen molar-refractivity contribution in [2.24, 2.45) is 0 Å². The molecule has 4 N–H and O–H groups in total. The van der Waals surface area contributed by atoms with Crippen LogP contribution in [0.25, 0.3) is 11.3 Å². The van der Waals surface area contributed by atoms with E-state index in [9.17, 15) is 19.5 Å². The molecule has 0 aliphatic rings. The Morgan fingerprint density at radius 2 is 1.80 bits per heavy atom. The minimum atomic E-state index is -1.33. The summed E-state index contributed by atoms with van der Waals surface area (Å²) in [6.07, 6.45) is 4.21. The van der Waals surface area contributed by atoms with Crippen LogP contribution in [0.1, 0.15) is 45.5 Å². The van der Waals surface area contributed by atoms with Crippen molar-refractivity contribution in [3.8, 4) is 11.3 Å². The maximum absolute atomic E-state index is 12.8. The van der Waals surface area contributed by atoms with Gasteiger partial charge < -0.3 is 34.5 Å². The van der Waals surface area contributed by atoms with Crippen molar-refractivity contribution < 1.29 is 33.7 Å². The van der Waals surface area contributed by atoms with Crippen LogP contribution in [-0.2, 0) is 25.7 Å². The normalized spacial score (nSPS) is 12.9. The number of methoxy groups -OCH3 is 1. The number of ether oxygens (including phenoxy) is 3. The third-order valence-corrected chi connectivity index (χ3v) is 7.90. The van der Waals surface area contributed by atoms with Gasteiger partial charge in [-0.2, -0.15) is 0 Å². The molecule has 2 amide bonds. The number of carboxylic acids is 1. The summed E-state index contributed by atoms with van der Waals surface area (Å²) >= 11 is 0. The predicted octanol–water partition coefficient (Wildman–Crippen LogP) is 6.62. The van der Waals surface area contributed by atoms with Gasteiger partial charge in [0.1, 0.15) is 24.2 Å². The van der Waals surface area contributed by atoms with Crippen molar-refractivity contribution in [1.29, 1.82) is 0 Å². The second-order valence-corrected chi connectivity index (χ2v) is 18.1. The smallest absolute Gasteiger partial charge is 0.411 e. The van der Waals surface area contributed by atoms with E-state index < -0.39 is 43.9 Å². The van der Waals surface area contributed by atoms with E-state index in [2.05, 4.69) is 48.7 Å². The molecule has 0 aliphatic heterocycles. The van der Waals surface area contributed by atoms with Crippen LogP contribution in [-0.4, -0.2) is 66.2 Å².